The summed E-state index contributed by atoms with van der Waals surface area (Å²) in [6.07, 6.45) is 6.26. The Labute approximate surface area is 129 Å². The molecule has 0 radical (unpaired) electrons. The summed E-state index contributed by atoms with van der Waals surface area (Å²) in [5, 5.41) is 0. The average molecular weight is 299 g/mol. The van der Waals surface area contributed by atoms with Crippen LogP contribution in [0.25, 0.3) is 0 Å². The first-order valence-electron chi connectivity index (χ1n) is 8.80. The van der Waals surface area contributed by atoms with Gasteiger partial charge in [-0.05, 0) is 57.9 Å². The van der Waals surface area contributed by atoms with E-state index in [1.54, 1.807) is 0 Å². The van der Waals surface area contributed by atoms with Crippen molar-refractivity contribution in [3.63, 3.8) is 0 Å². The fourth-order valence-corrected chi connectivity index (χ4v) is 8.25. The maximum absolute atomic E-state index is 4.30. The van der Waals surface area contributed by atoms with E-state index in [9.17, 15) is 0 Å². The Morgan fingerprint density at radius 3 is 1.25 bits per heavy atom. The van der Waals surface area contributed by atoms with Gasteiger partial charge in [-0.2, -0.15) is 0 Å². The minimum atomic E-state index is -1.68. The lowest BCUT2D eigenvalue weighted by Crippen LogP contribution is -2.65. The fourth-order valence-electron chi connectivity index (χ4n) is 3.32. The molecule has 0 aliphatic carbocycles. The van der Waals surface area contributed by atoms with Crippen LogP contribution in [0.4, 0.5) is 0 Å². The highest BCUT2D eigenvalue weighted by Gasteiger charge is 2.40. The summed E-state index contributed by atoms with van der Waals surface area (Å²) in [7, 11) is -1.68. The summed E-state index contributed by atoms with van der Waals surface area (Å²) in [6.45, 7) is 20.8. The van der Waals surface area contributed by atoms with E-state index < -0.39 is 8.40 Å². The summed E-state index contributed by atoms with van der Waals surface area (Å²) in [4.78, 5) is 0. The molecule has 120 valence electrons. The fraction of sp³-hybridized carbons (Fsp3) is 0.882. The van der Waals surface area contributed by atoms with Gasteiger partial charge in [-0.3, -0.25) is 0 Å². The predicted octanol–water partition coefficient (Wildman–Crippen LogP) is 4.81. The number of hydrogen-bond donors (Lipinski definition) is 0. The van der Waals surface area contributed by atoms with Crippen LogP contribution in [0.3, 0.4) is 0 Å². The van der Waals surface area contributed by atoms with Gasteiger partial charge in [-0.1, -0.05) is 46.7 Å². The second-order valence-electron chi connectivity index (χ2n) is 5.81. The highest BCUT2D eigenvalue weighted by Crippen LogP contribution is 2.25. The van der Waals surface area contributed by atoms with Crippen molar-refractivity contribution in [1.29, 1.82) is 0 Å². The second-order valence-corrected chi connectivity index (χ2v) is 9.74. The second kappa shape index (κ2) is 11.5. The summed E-state index contributed by atoms with van der Waals surface area (Å²) >= 11 is 0. The van der Waals surface area contributed by atoms with Crippen molar-refractivity contribution >= 4 is 8.40 Å². The van der Waals surface area contributed by atoms with E-state index in [2.05, 4.69) is 56.0 Å². The van der Waals surface area contributed by atoms with E-state index in [0.717, 1.165) is 0 Å². The molecule has 0 rings (SSSR count). The Kier molecular flexibility index (Phi) is 11.5. The zero-order valence-electron chi connectivity index (χ0n) is 14.7. The van der Waals surface area contributed by atoms with Crippen LogP contribution >= 0.6 is 0 Å². The third-order valence-corrected chi connectivity index (χ3v) is 8.99. The van der Waals surface area contributed by atoms with Crippen LogP contribution in [0.1, 0.15) is 66.7 Å². The van der Waals surface area contributed by atoms with Gasteiger partial charge < -0.3 is 9.13 Å². The quantitative estimate of drug-likeness (QED) is 0.450. The monoisotopic (exact) mass is 298 g/mol. The molecule has 2 nitrogen and oxygen atoms in total. The third-order valence-electron chi connectivity index (χ3n) is 4.01. The lowest BCUT2D eigenvalue weighted by atomic mass is 10.4. The minimum Gasteiger partial charge on any atom is -0.308 e. The van der Waals surface area contributed by atoms with Crippen LogP contribution in [-0.4, -0.2) is 43.7 Å². The first-order chi connectivity index (χ1) is 9.66. The average Bonchev–Trinajstić information content (AvgIpc) is 2.45. The van der Waals surface area contributed by atoms with Gasteiger partial charge >= 0.3 is 0 Å². The molecule has 0 N–H and O–H groups in total. The summed E-state index contributed by atoms with van der Waals surface area (Å²) in [6, 6.07) is 1.33. The highest BCUT2D eigenvalue weighted by molar-refractivity contribution is 6.79. The van der Waals surface area contributed by atoms with Gasteiger partial charge in [0.25, 0.3) is 0 Å². The zero-order chi connectivity index (χ0) is 15.4. The van der Waals surface area contributed by atoms with Gasteiger partial charge in [0, 0.05) is 0 Å². The maximum atomic E-state index is 4.30. The Morgan fingerprint density at radius 1 is 0.700 bits per heavy atom. The molecule has 0 saturated carbocycles. The van der Waals surface area contributed by atoms with Crippen molar-refractivity contribution < 1.29 is 0 Å². The van der Waals surface area contributed by atoms with Crippen LogP contribution in [0.2, 0.25) is 6.04 Å². The van der Waals surface area contributed by atoms with Crippen LogP contribution in [0.5, 0.6) is 0 Å². The molecule has 0 aromatic carbocycles. The standard InChI is InChI=1S/C17H38N2Si/c1-7-13-18(14-8-2)20(12-6,17-11-5)19(15-9-3)16-10-4/h12H,6-11,13-17H2,1-5H3. The van der Waals surface area contributed by atoms with E-state index >= 15 is 0 Å². The first kappa shape index (κ1) is 19.9. The van der Waals surface area contributed by atoms with Gasteiger partial charge in [-0.25, -0.2) is 0 Å². The molecule has 0 aliphatic heterocycles. The lowest BCUT2D eigenvalue weighted by molar-refractivity contribution is 0.321. The van der Waals surface area contributed by atoms with Crippen molar-refractivity contribution in [2.75, 3.05) is 26.2 Å². The van der Waals surface area contributed by atoms with Crippen molar-refractivity contribution in [1.82, 2.24) is 9.13 Å². The summed E-state index contributed by atoms with van der Waals surface area (Å²) in [5.41, 5.74) is 2.37. The number of hydrogen-bond acceptors (Lipinski definition) is 2. The predicted molar refractivity (Wildman–Crippen MR) is 95.4 cm³/mol. The Hall–Kier alpha value is -0.123. The summed E-state index contributed by atoms with van der Waals surface area (Å²) < 4.78 is 5.63. The van der Waals surface area contributed by atoms with Crippen molar-refractivity contribution in [3.8, 4) is 0 Å². The van der Waals surface area contributed by atoms with E-state index in [4.69, 9.17) is 0 Å². The van der Waals surface area contributed by atoms with Crippen LogP contribution in [0, 0.1) is 0 Å². The molecule has 0 bridgehead atoms. The normalized spacial score (nSPS) is 12.3. The van der Waals surface area contributed by atoms with Gasteiger partial charge in [0.1, 0.15) is 0 Å². The van der Waals surface area contributed by atoms with Crippen molar-refractivity contribution in [2.24, 2.45) is 0 Å². The molecule has 0 amide bonds. The Bertz CT molecular complexity index is 215. The smallest absolute Gasteiger partial charge is 0.231 e. The molecular formula is C17H38N2Si. The highest BCUT2D eigenvalue weighted by atomic mass is 28.3. The molecule has 0 fully saturated rings. The number of nitrogens with zero attached hydrogens (tertiary/aromatic N) is 2. The molecule has 0 spiro atoms. The molecule has 0 aliphatic rings. The number of rotatable bonds is 13. The van der Waals surface area contributed by atoms with E-state index in [0.29, 0.717) is 0 Å². The van der Waals surface area contributed by atoms with E-state index in [-0.39, 0.29) is 0 Å². The van der Waals surface area contributed by atoms with Gasteiger partial charge in [0.05, 0.1) is 0 Å². The van der Waals surface area contributed by atoms with Crippen molar-refractivity contribution in [3.05, 3.63) is 12.3 Å². The Balaban J connectivity index is 5.41. The third kappa shape index (κ3) is 5.34. The zero-order valence-corrected chi connectivity index (χ0v) is 15.7. The van der Waals surface area contributed by atoms with E-state index in [1.165, 1.54) is 64.3 Å². The topological polar surface area (TPSA) is 6.48 Å². The van der Waals surface area contributed by atoms with Crippen LogP contribution in [-0.2, 0) is 0 Å². The Morgan fingerprint density at radius 2 is 1.05 bits per heavy atom. The minimum absolute atomic E-state index is 1.23. The van der Waals surface area contributed by atoms with Crippen molar-refractivity contribution in [2.45, 2.75) is 72.8 Å². The molecular weight excluding hydrogens is 260 g/mol. The lowest BCUT2D eigenvalue weighted by Gasteiger charge is -2.47. The van der Waals surface area contributed by atoms with E-state index in [1.807, 2.05) is 0 Å². The van der Waals surface area contributed by atoms with Crippen LogP contribution in [0.15, 0.2) is 12.3 Å². The maximum Gasteiger partial charge on any atom is 0.231 e. The van der Waals surface area contributed by atoms with Gasteiger partial charge in [0.2, 0.25) is 8.40 Å². The van der Waals surface area contributed by atoms with Gasteiger partial charge in [0.15, 0.2) is 0 Å². The SMILES string of the molecule is C=C[Si](CCC)(N(CCC)CCC)N(CCC)CCC. The molecule has 0 heterocycles. The largest absolute Gasteiger partial charge is 0.308 e. The molecule has 0 aromatic rings. The summed E-state index contributed by atoms with van der Waals surface area (Å²) in [5.74, 6) is 0. The molecule has 0 aromatic heterocycles. The molecule has 0 atom stereocenters. The van der Waals surface area contributed by atoms with Crippen LogP contribution < -0.4 is 0 Å². The molecule has 0 saturated heterocycles. The first-order valence-corrected chi connectivity index (χ1v) is 11.0. The van der Waals surface area contributed by atoms with Gasteiger partial charge in [-0.15, -0.1) is 6.58 Å². The molecule has 3 heteroatoms. The molecule has 20 heavy (non-hydrogen) atoms. The molecule has 0 unspecified atom stereocenters.